The van der Waals surface area contributed by atoms with Gasteiger partial charge in [0.25, 0.3) is 0 Å². The molecule has 190 valence electrons. The summed E-state index contributed by atoms with van der Waals surface area (Å²) in [5.74, 6) is 0.923. The maximum absolute atomic E-state index is 4.85. The number of nitrogens with one attached hydrogen (secondary N) is 1. The number of aromatic amines is 1. The number of hydrogen-bond acceptors (Lipinski definition) is 2. The fourth-order valence-corrected chi connectivity index (χ4v) is 7.08. The Bertz CT molecular complexity index is 2350. The van der Waals surface area contributed by atoms with Crippen LogP contribution in [0.4, 0.5) is 0 Å². The molecule has 0 atom stereocenters. The number of pyridine rings is 1. The Morgan fingerprint density at radius 3 is 2.38 bits per heavy atom. The number of benzene rings is 4. The molecule has 40 heavy (non-hydrogen) atoms. The second-order valence-electron chi connectivity index (χ2n) is 10.3. The van der Waals surface area contributed by atoms with Gasteiger partial charge in [-0.2, -0.15) is 0 Å². The summed E-state index contributed by atoms with van der Waals surface area (Å²) < 4.78 is 3.57. The number of H-pyrrole nitrogens is 1. The Hall–Kier alpha value is -4.93. The monoisotopic (exact) mass is 531 g/mol. The van der Waals surface area contributed by atoms with Gasteiger partial charge < -0.3 is 4.98 Å². The molecule has 0 unspecified atom stereocenters. The number of nitrogens with zero attached hydrogens (tertiary/aromatic N) is 2. The van der Waals surface area contributed by atoms with E-state index in [1.807, 2.05) is 17.5 Å². The lowest BCUT2D eigenvalue weighted by atomic mass is 10.1. The lowest BCUT2D eigenvalue weighted by Gasteiger charge is -2.09. The molecular weight excluding hydrogens is 506 g/mol. The van der Waals surface area contributed by atoms with Gasteiger partial charge in [-0.1, -0.05) is 73.3 Å². The molecule has 4 aromatic heterocycles. The highest BCUT2D eigenvalue weighted by Crippen LogP contribution is 2.39. The fourth-order valence-electron chi connectivity index (χ4n) is 5.91. The maximum atomic E-state index is 4.85. The van der Waals surface area contributed by atoms with Crippen LogP contribution in [0.3, 0.4) is 0 Å². The van der Waals surface area contributed by atoms with Crippen LogP contribution in [-0.4, -0.2) is 14.5 Å². The summed E-state index contributed by atoms with van der Waals surface area (Å²) in [7, 11) is 0. The summed E-state index contributed by atoms with van der Waals surface area (Å²) in [6, 6.07) is 36.5. The minimum absolute atomic E-state index is 0.923. The molecule has 8 rings (SSSR count). The van der Waals surface area contributed by atoms with Gasteiger partial charge in [0.05, 0.1) is 11.0 Å². The number of aromatic nitrogens is 3. The minimum atomic E-state index is 0.923. The Labute approximate surface area is 235 Å². The second kappa shape index (κ2) is 8.80. The van der Waals surface area contributed by atoms with Crippen molar-refractivity contribution in [2.24, 2.45) is 0 Å². The van der Waals surface area contributed by atoms with Gasteiger partial charge >= 0.3 is 0 Å². The molecule has 0 bridgehead atoms. The average molecular weight is 532 g/mol. The molecule has 0 saturated carbocycles. The maximum Gasteiger partial charge on any atom is 0.138 e. The third kappa shape index (κ3) is 3.47. The molecule has 0 aliphatic heterocycles. The van der Waals surface area contributed by atoms with Crippen molar-refractivity contribution in [1.29, 1.82) is 0 Å². The van der Waals surface area contributed by atoms with Gasteiger partial charge in [0, 0.05) is 48.0 Å². The first-order valence-corrected chi connectivity index (χ1v) is 14.2. The van der Waals surface area contributed by atoms with Gasteiger partial charge in [-0.25, -0.2) is 4.98 Å². The van der Waals surface area contributed by atoms with Crippen LogP contribution in [0.1, 0.15) is 10.4 Å². The van der Waals surface area contributed by atoms with Crippen LogP contribution < -0.4 is 10.6 Å². The summed E-state index contributed by atoms with van der Waals surface area (Å²) in [4.78, 5) is 9.66. The molecule has 3 nitrogen and oxygen atoms in total. The molecule has 4 heteroatoms. The van der Waals surface area contributed by atoms with E-state index in [1.165, 1.54) is 47.8 Å². The molecule has 0 saturated heterocycles. The van der Waals surface area contributed by atoms with Crippen LogP contribution in [0, 0.1) is 6.92 Å². The molecule has 8 aromatic rings. The third-order valence-electron chi connectivity index (χ3n) is 7.97. The second-order valence-corrected chi connectivity index (χ2v) is 11.4. The van der Waals surface area contributed by atoms with Crippen molar-refractivity contribution in [3.63, 3.8) is 0 Å². The number of fused-ring (bicyclic) bond motifs is 5. The van der Waals surface area contributed by atoms with Gasteiger partial charge in [-0.05, 0) is 71.5 Å². The first-order chi connectivity index (χ1) is 19.7. The Morgan fingerprint density at radius 2 is 1.52 bits per heavy atom. The van der Waals surface area contributed by atoms with E-state index < -0.39 is 0 Å². The molecule has 0 fully saturated rings. The summed E-state index contributed by atoms with van der Waals surface area (Å²) >= 11 is 1.83. The zero-order valence-electron chi connectivity index (χ0n) is 22.0. The Morgan fingerprint density at radius 1 is 0.750 bits per heavy atom. The first kappa shape index (κ1) is 23.0. The summed E-state index contributed by atoms with van der Waals surface area (Å²) in [5.41, 5.74) is 7.09. The van der Waals surface area contributed by atoms with Gasteiger partial charge in [0.1, 0.15) is 5.82 Å². The molecule has 0 amide bonds. The van der Waals surface area contributed by atoms with E-state index in [9.17, 15) is 0 Å². The van der Waals surface area contributed by atoms with Gasteiger partial charge in [0.15, 0.2) is 0 Å². The predicted octanol–water partition coefficient (Wildman–Crippen LogP) is 8.09. The average Bonchev–Trinajstić information content (AvgIpc) is 3.61. The van der Waals surface area contributed by atoms with E-state index in [-0.39, 0.29) is 0 Å². The molecule has 0 aliphatic carbocycles. The van der Waals surface area contributed by atoms with Gasteiger partial charge in [-0.15, -0.1) is 11.3 Å². The van der Waals surface area contributed by atoms with Crippen molar-refractivity contribution in [1.82, 2.24) is 14.5 Å². The van der Waals surface area contributed by atoms with Crippen molar-refractivity contribution < 1.29 is 0 Å². The fraction of sp³-hybridized carbons (Fsp3) is 0.0278. The zero-order valence-corrected chi connectivity index (χ0v) is 22.8. The topological polar surface area (TPSA) is 33.6 Å². The van der Waals surface area contributed by atoms with Gasteiger partial charge in [-0.3, -0.25) is 4.57 Å². The number of aryl methyl sites for hydroxylation is 1. The highest BCUT2D eigenvalue weighted by molar-refractivity contribution is 7.20. The van der Waals surface area contributed by atoms with Crippen LogP contribution in [0.15, 0.2) is 109 Å². The summed E-state index contributed by atoms with van der Waals surface area (Å²) in [6.07, 6.45) is 4.17. The molecule has 4 heterocycles. The van der Waals surface area contributed by atoms with Crippen LogP contribution in [-0.2, 0) is 0 Å². The van der Waals surface area contributed by atoms with E-state index in [1.54, 1.807) is 0 Å². The smallest absolute Gasteiger partial charge is 0.138 e. The molecular formula is C36H25N3S. The number of thiophene rings is 1. The van der Waals surface area contributed by atoms with Crippen molar-refractivity contribution in [2.45, 2.75) is 6.92 Å². The van der Waals surface area contributed by atoms with Crippen LogP contribution in [0.5, 0.6) is 0 Å². The molecule has 0 radical (unpaired) electrons. The molecule has 4 aromatic carbocycles. The number of rotatable bonds is 3. The number of hydrogen-bond donors (Lipinski definition) is 1. The SMILES string of the molecule is C=c1/c(=C\c2sc3cc4c(cc3c2C)c2ccccc2n4-c2cc(-c3ccccc3)ccn2)[nH]c2ccccc12. The standard InChI is InChI=1S/C36H25N3S/c1-22-26-12-6-8-14-30(26)38-31(22)20-34-23(2)28-19-29-27-13-7-9-15-32(27)39(33(29)21-35(28)40-34)36-18-25(16-17-37-36)24-10-4-3-5-11-24/h3-21,38H,1H2,2H3/b31-20+. The van der Waals surface area contributed by atoms with Gasteiger partial charge in [0.2, 0.25) is 0 Å². The van der Waals surface area contributed by atoms with Crippen LogP contribution in [0.2, 0.25) is 0 Å². The molecule has 0 spiro atoms. The van der Waals surface area contributed by atoms with Crippen molar-refractivity contribution >= 4 is 66.8 Å². The predicted molar refractivity (Wildman–Crippen MR) is 171 cm³/mol. The lowest BCUT2D eigenvalue weighted by Crippen LogP contribution is -2.20. The number of para-hydroxylation sites is 2. The molecule has 0 aliphatic rings. The van der Waals surface area contributed by atoms with E-state index in [0.717, 1.165) is 33.0 Å². The van der Waals surface area contributed by atoms with Crippen LogP contribution in [0.25, 0.3) is 72.4 Å². The van der Waals surface area contributed by atoms with Crippen LogP contribution >= 0.6 is 11.3 Å². The normalized spacial score (nSPS) is 12.4. The van der Waals surface area contributed by atoms with E-state index in [4.69, 9.17) is 4.98 Å². The highest BCUT2D eigenvalue weighted by Gasteiger charge is 2.17. The third-order valence-corrected chi connectivity index (χ3v) is 9.17. The van der Waals surface area contributed by atoms with Crippen molar-refractivity contribution in [3.05, 3.63) is 130 Å². The Kier molecular flexibility index (Phi) is 5.06. The van der Waals surface area contributed by atoms with E-state index in [0.29, 0.717) is 0 Å². The minimum Gasteiger partial charge on any atom is -0.354 e. The lowest BCUT2D eigenvalue weighted by molar-refractivity contribution is 1.08. The van der Waals surface area contributed by atoms with E-state index >= 15 is 0 Å². The zero-order chi connectivity index (χ0) is 26.8. The Balaban J connectivity index is 1.37. The largest absolute Gasteiger partial charge is 0.354 e. The van der Waals surface area contributed by atoms with Crippen molar-refractivity contribution in [3.8, 4) is 16.9 Å². The quantitative estimate of drug-likeness (QED) is 0.246. The molecule has 1 N–H and O–H groups in total. The summed E-state index contributed by atoms with van der Waals surface area (Å²) in [5, 5.41) is 7.05. The van der Waals surface area contributed by atoms with E-state index in [2.05, 4.69) is 132 Å². The first-order valence-electron chi connectivity index (χ1n) is 13.4. The van der Waals surface area contributed by atoms with Crippen molar-refractivity contribution in [2.75, 3.05) is 0 Å². The summed E-state index contributed by atoms with van der Waals surface area (Å²) in [6.45, 7) is 6.59. The highest BCUT2D eigenvalue weighted by atomic mass is 32.1.